The summed E-state index contributed by atoms with van der Waals surface area (Å²) in [7, 11) is 0. The van der Waals surface area contributed by atoms with Crippen LogP contribution in [0.15, 0.2) is 10.6 Å². The molecule has 0 aromatic carbocycles. The lowest BCUT2D eigenvalue weighted by Crippen LogP contribution is -2.36. The molecule has 1 rings (SSSR count). The van der Waals surface area contributed by atoms with Crippen LogP contribution in [0.3, 0.4) is 0 Å². The van der Waals surface area contributed by atoms with E-state index in [2.05, 4.69) is 9.68 Å². The van der Waals surface area contributed by atoms with Gasteiger partial charge in [-0.1, -0.05) is 5.16 Å². The van der Waals surface area contributed by atoms with Gasteiger partial charge >= 0.3 is 6.18 Å². The Bertz CT molecular complexity index is 301. The third-order valence-corrected chi connectivity index (χ3v) is 1.98. The molecule has 0 atom stereocenters. The Labute approximate surface area is 73.7 Å². The minimum atomic E-state index is -4.31. The first-order valence-electron chi connectivity index (χ1n) is 3.75. The predicted octanol–water partition coefficient (Wildman–Crippen LogP) is 2.82. The Morgan fingerprint density at radius 1 is 1.31 bits per heavy atom. The van der Waals surface area contributed by atoms with E-state index in [4.69, 9.17) is 0 Å². The van der Waals surface area contributed by atoms with Crippen LogP contribution in [0.2, 0.25) is 0 Å². The van der Waals surface area contributed by atoms with Crippen molar-refractivity contribution in [1.82, 2.24) is 5.16 Å². The molecule has 0 unspecified atom stereocenters. The summed E-state index contributed by atoms with van der Waals surface area (Å²) in [5.41, 5.74) is -2.04. The van der Waals surface area contributed by atoms with Crippen molar-refractivity contribution in [2.75, 3.05) is 0 Å². The number of aromatic nitrogens is 1. The van der Waals surface area contributed by atoms with E-state index in [0.29, 0.717) is 5.76 Å². The van der Waals surface area contributed by atoms with Crippen molar-refractivity contribution in [2.45, 2.75) is 32.4 Å². The van der Waals surface area contributed by atoms with Gasteiger partial charge in [0.1, 0.15) is 11.2 Å². The second-order valence-electron chi connectivity index (χ2n) is 3.45. The van der Waals surface area contributed by atoms with Gasteiger partial charge in [0.2, 0.25) is 0 Å². The number of aryl methyl sites for hydroxylation is 1. The summed E-state index contributed by atoms with van der Waals surface area (Å²) >= 11 is 0. The average molecular weight is 193 g/mol. The van der Waals surface area contributed by atoms with Crippen molar-refractivity contribution >= 4 is 0 Å². The molecule has 0 saturated heterocycles. The highest BCUT2D eigenvalue weighted by Gasteiger charge is 2.50. The monoisotopic (exact) mass is 193 g/mol. The maximum absolute atomic E-state index is 12.4. The van der Waals surface area contributed by atoms with Crippen molar-refractivity contribution in [3.05, 3.63) is 17.5 Å². The molecule has 1 aromatic rings. The van der Waals surface area contributed by atoms with E-state index in [-0.39, 0.29) is 5.69 Å². The van der Waals surface area contributed by atoms with Crippen LogP contribution < -0.4 is 0 Å². The second-order valence-corrected chi connectivity index (χ2v) is 3.45. The number of rotatable bonds is 1. The summed E-state index contributed by atoms with van der Waals surface area (Å²) in [4.78, 5) is 0. The van der Waals surface area contributed by atoms with Crippen molar-refractivity contribution < 1.29 is 17.7 Å². The molecule has 0 N–H and O–H groups in total. The Morgan fingerprint density at radius 2 is 1.85 bits per heavy atom. The van der Waals surface area contributed by atoms with Crippen molar-refractivity contribution in [1.29, 1.82) is 0 Å². The zero-order chi connectivity index (χ0) is 10.3. The smallest absolute Gasteiger partial charge is 0.361 e. The van der Waals surface area contributed by atoms with Crippen LogP contribution >= 0.6 is 0 Å². The summed E-state index contributed by atoms with van der Waals surface area (Å²) < 4.78 is 41.9. The van der Waals surface area contributed by atoms with Crippen LogP contribution in [0.25, 0.3) is 0 Å². The van der Waals surface area contributed by atoms with Gasteiger partial charge < -0.3 is 4.52 Å². The molecule has 0 fully saturated rings. The molecule has 0 radical (unpaired) electrons. The minimum Gasteiger partial charge on any atom is -0.361 e. The largest absolute Gasteiger partial charge is 0.399 e. The summed E-state index contributed by atoms with van der Waals surface area (Å²) in [5.74, 6) is 0.382. The molecule has 0 aliphatic heterocycles. The molecule has 5 heteroatoms. The Balaban J connectivity index is 3.07. The third kappa shape index (κ3) is 1.68. The van der Waals surface area contributed by atoms with E-state index in [1.54, 1.807) is 6.92 Å². The maximum atomic E-state index is 12.4. The van der Waals surface area contributed by atoms with Crippen molar-refractivity contribution in [3.8, 4) is 0 Å². The van der Waals surface area contributed by atoms with Crippen LogP contribution in [0, 0.1) is 6.92 Å². The number of halogens is 3. The van der Waals surface area contributed by atoms with Crippen molar-refractivity contribution in [3.63, 3.8) is 0 Å². The Morgan fingerprint density at radius 3 is 2.15 bits per heavy atom. The van der Waals surface area contributed by atoms with Gasteiger partial charge in [0, 0.05) is 6.07 Å². The quantitative estimate of drug-likeness (QED) is 0.685. The highest BCUT2D eigenvalue weighted by molar-refractivity contribution is 5.16. The van der Waals surface area contributed by atoms with Gasteiger partial charge in [-0.15, -0.1) is 0 Å². The Hall–Kier alpha value is -1.00. The number of hydrogen-bond acceptors (Lipinski definition) is 2. The summed E-state index contributed by atoms with van der Waals surface area (Å²) in [6.45, 7) is 3.71. The summed E-state index contributed by atoms with van der Waals surface area (Å²) in [5, 5.41) is 3.36. The molecular weight excluding hydrogens is 183 g/mol. The zero-order valence-electron chi connectivity index (χ0n) is 7.57. The van der Waals surface area contributed by atoms with Gasteiger partial charge in [-0.2, -0.15) is 13.2 Å². The third-order valence-electron chi connectivity index (χ3n) is 1.98. The first-order chi connectivity index (χ1) is 5.75. The lowest BCUT2D eigenvalue weighted by molar-refractivity contribution is -0.181. The molecule has 1 heterocycles. The second kappa shape index (κ2) is 2.75. The van der Waals surface area contributed by atoms with Gasteiger partial charge in [0.05, 0.1) is 5.69 Å². The fraction of sp³-hybridized carbons (Fsp3) is 0.625. The average Bonchev–Trinajstić information content (AvgIpc) is 2.33. The van der Waals surface area contributed by atoms with E-state index in [0.717, 1.165) is 13.8 Å². The number of nitrogens with zero attached hydrogens (tertiary/aromatic N) is 1. The lowest BCUT2D eigenvalue weighted by atomic mass is 9.88. The predicted molar refractivity (Wildman–Crippen MR) is 40.3 cm³/mol. The number of hydrogen-bond donors (Lipinski definition) is 0. The molecule has 2 nitrogen and oxygen atoms in total. The van der Waals surface area contributed by atoms with Crippen LogP contribution in [0.4, 0.5) is 13.2 Å². The SMILES string of the molecule is Cc1cc(C(C)(C)C(F)(F)F)no1. The van der Waals surface area contributed by atoms with Crippen LogP contribution in [-0.2, 0) is 5.41 Å². The normalized spacial score (nSPS) is 13.4. The molecule has 13 heavy (non-hydrogen) atoms. The molecule has 0 aliphatic carbocycles. The summed E-state index contributed by atoms with van der Waals surface area (Å²) in [6.07, 6.45) is -4.31. The molecule has 0 bridgehead atoms. The fourth-order valence-corrected chi connectivity index (χ4v) is 0.806. The van der Waals surface area contributed by atoms with E-state index in [9.17, 15) is 13.2 Å². The van der Waals surface area contributed by atoms with Crippen LogP contribution in [-0.4, -0.2) is 11.3 Å². The highest BCUT2D eigenvalue weighted by atomic mass is 19.4. The topological polar surface area (TPSA) is 26.0 Å². The van der Waals surface area contributed by atoms with Gasteiger partial charge in [0.25, 0.3) is 0 Å². The zero-order valence-corrected chi connectivity index (χ0v) is 7.57. The highest BCUT2D eigenvalue weighted by Crippen LogP contribution is 2.39. The van der Waals surface area contributed by atoms with Crippen LogP contribution in [0.5, 0.6) is 0 Å². The molecule has 0 saturated carbocycles. The van der Waals surface area contributed by atoms with Crippen molar-refractivity contribution in [2.24, 2.45) is 0 Å². The molecule has 0 amide bonds. The Kier molecular flexibility index (Phi) is 2.13. The van der Waals surface area contributed by atoms with E-state index < -0.39 is 11.6 Å². The molecule has 74 valence electrons. The number of alkyl halides is 3. The standard InChI is InChI=1S/C8H10F3NO/c1-5-4-6(12-13-5)7(2,3)8(9,10)11/h4H,1-3H3. The molecule has 0 aliphatic rings. The molecule has 0 spiro atoms. The maximum Gasteiger partial charge on any atom is 0.399 e. The van der Waals surface area contributed by atoms with E-state index >= 15 is 0 Å². The summed E-state index contributed by atoms with van der Waals surface area (Å²) in [6, 6.07) is 1.30. The molecule has 1 aromatic heterocycles. The van der Waals surface area contributed by atoms with Gasteiger partial charge in [0.15, 0.2) is 0 Å². The lowest BCUT2D eigenvalue weighted by Gasteiger charge is -2.24. The first-order valence-corrected chi connectivity index (χ1v) is 3.75. The first kappa shape index (κ1) is 10.1. The van der Waals surface area contributed by atoms with Gasteiger partial charge in [-0.3, -0.25) is 0 Å². The van der Waals surface area contributed by atoms with E-state index in [1.807, 2.05) is 0 Å². The van der Waals surface area contributed by atoms with E-state index in [1.165, 1.54) is 6.07 Å². The van der Waals surface area contributed by atoms with Gasteiger partial charge in [-0.05, 0) is 20.8 Å². The molecular formula is C8H10F3NO. The minimum absolute atomic E-state index is 0.0856. The van der Waals surface area contributed by atoms with Gasteiger partial charge in [-0.25, -0.2) is 0 Å². The fourth-order valence-electron chi connectivity index (χ4n) is 0.806. The van der Waals surface area contributed by atoms with Crippen LogP contribution in [0.1, 0.15) is 25.3 Å².